The Morgan fingerprint density at radius 1 is 1.21 bits per heavy atom. The Morgan fingerprint density at radius 2 is 1.91 bits per heavy atom. The number of hydrogen-bond donors (Lipinski definition) is 2. The zero-order valence-electron chi connectivity index (χ0n) is 16.9. The van der Waals surface area contributed by atoms with Gasteiger partial charge in [-0.3, -0.25) is 14.3 Å². The van der Waals surface area contributed by atoms with Crippen molar-refractivity contribution in [2.24, 2.45) is 5.73 Å². The predicted molar refractivity (Wildman–Crippen MR) is 114 cm³/mol. The molecule has 1 aromatic carbocycles. The number of rotatable bonds is 5. The third-order valence-corrected chi connectivity index (χ3v) is 5.89. The molecule has 0 atom stereocenters. The highest BCUT2D eigenvalue weighted by molar-refractivity contribution is 7.21. The summed E-state index contributed by atoms with van der Waals surface area (Å²) in [5.41, 5.74) is 4.60. The maximum atomic E-state index is 13.5. The summed E-state index contributed by atoms with van der Waals surface area (Å²) in [5.74, 6) is -2.16. The number of anilines is 1. The number of halogens is 4. The van der Waals surface area contributed by atoms with Gasteiger partial charge < -0.3 is 11.1 Å². The van der Waals surface area contributed by atoms with Crippen molar-refractivity contribution >= 4 is 39.1 Å². The molecule has 0 aliphatic carbocycles. The summed E-state index contributed by atoms with van der Waals surface area (Å²) in [7, 11) is 0. The Kier molecular flexibility index (Phi) is 5.62. The molecule has 0 aliphatic rings. The summed E-state index contributed by atoms with van der Waals surface area (Å²) in [6.07, 6.45) is -1.98. The molecule has 0 saturated heterocycles. The summed E-state index contributed by atoms with van der Waals surface area (Å²) < 4.78 is 55.5. The van der Waals surface area contributed by atoms with Crippen LogP contribution in [-0.4, -0.2) is 26.6 Å². The molecular formula is C21H15F4N5O2S. The van der Waals surface area contributed by atoms with Gasteiger partial charge in [-0.15, -0.1) is 11.3 Å². The number of primary amides is 1. The van der Waals surface area contributed by atoms with E-state index in [9.17, 15) is 27.2 Å². The highest BCUT2D eigenvalue weighted by Crippen LogP contribution is 2.43. The van der Waals surface area contributed by atoms with Crippen LogP contribution in [0.5, 0.6) is 0 Å². The highest BCUT2D eigenvalue weighted by atomic mass is 32.1. The SMILES string of the molecule is CCn1cc(C(=O)Nc2c(C(N)=O)sc3nc(C(F)(F)F)cc(-c4ccc(F)cc4)c23)cn1. The number of hydrogen-bond acceptors (Lipinski definition) is 5. The average molecular weight is 477 g/mol. The van der Waals surface area contributed by atoms with Crippen molar-refractivity contribution in [3.63, 3.8) is 0 Å². The van der Waals surface area contributed by atoms with Gasteiger partial charge in [0.2, 0.25) is 0 Å². The molecule has 33 heavy (non-hydrogen) atoms. The molecule has 0 spiro atoms. The van der Waals surface area contributed by atoms with E-state index in [0.717, 1.165) is 18.2 Å². The van der Waals surface area contributed by atoms with Crippen LogP contribution in [0.15, 0.2) is 42.7 Å². The number of nitrogens with two attached hydrogens (primary N) is 1. The van der Waals surface area contributed by atoms with E-state index in [1.54, 1.807) is 0 Å². The van der Waals surface area contributed by atoms with Crippen LogP contribution < -0.4 is 11.1 Å². The second-order valence-corrected chi connectivity index (χ2v) is 7.95. The Bertz CT molecular complexity index is 1380. The molecule has 0 unspecified atom stereocenters. The number of nitrogens with one attached hydrogen (secondary N) is 1. The van der Waals surface area contributed by atoms with Crippen molar-refractivity contribution in [2.45, 2.75) is 19.6 Å². The molecular weight excluding hydrogens is 462 g/mol. The van der Waals surface area contributed by atoms with E-state index in [1.165, 1.54) is 29.2 Å². The lowest BCUT2D eigenvalue weighted by molar-refractivity contribution is -0.140. The zero-order valence-corrected chi connectivity index (χ0v) is 17.7. The van der Waals surface area contributed by atoms with E-state index in [4.69, 9.17) is 5.73 Å². The Morgan fingerprint density at radius 3 is 2.48 bits per heavy atom. The van der Waals surface area contributed by atoms with E-state index < -0.39 is 29.5 Å². The zero-order chi connectivity index (χ0) is 23.9. The largest absolute Gasteiger partial charge is 0.433 e. The number of nitrogens with zero attached hydrogens (tertiary/aromatic N) is 3. The monoisotopic (exact) mass is 477 g/mol. The summed E-state index contributed by atoms with van der Waals surface area (Å²) in [5, 5.41) is 6.67. The van der Waals surface area contributed by atoms with Crippen LogP contribution in [0.4, 0.5) is 23.2 Å². The molecule has 4 rings (SSSR count). The number of aryl methyl sites for hydroxylation is 1. The fourth-order valence-corrected chi connectivity index (χ4v) is 4.24. The van der Waals surface area contributed by atoms with E-state index in [2.05, 4.69) is 15.4 Å². The minimum absolute atomic E-state index is 0.00984. The van der Waals surface area contributed by atoms with E-state index in [0.29, 0.717) is 17.9 Å². The number of carbonyl (C=O) groups excluding carboxylic acids is 2. The van der Waals surface area contributed by atoms with Crippen molar-refractivity contribution in [3.8, 4) is 11.1 Å². The fraction of sp³-hybridized carbons (Fsp3) is 0.143. The van der Waals surface area contributed by atoms with Crippen LogP contribution in [0, 0.1) is 5.82 Å². The molecule has 170 valence electrons. The second kappa shape index (κ2) is 8.28. The molecule has 7 nitrogen and oxygen atoms in total. The topological polar surface area (TPSA) is 103 Å². The number of pyridine rings is 1. The molecule has 4 aromatic rings. The van der Waals surface area contributed by atoms with Gasteiger partial charge in [0, 0.05) is 18.1 Å². The lowest BCUT2D eigenvalue weighted by atomic mass is 10.0. The van der Waals surface area contributed by atoms with Gasteiger partial charge in [-0.1, -0.05) is 12.1 Å². The number of benzene rings is 1. The van der Waals surface area contributed by atoms with Crippen LogP contribution >= 0.6 is 11.3 Å². The third kappa shape index (κ3) is 4.29. The molecule has 3 aromatic heterocycles. The van der Waals surface area contributed by atoms with Crippen LogP contribution in [0.3, 0.4) is 0 Å². The van der Waals surface area contributed by atoms with Crippen LogP contribution in [0.25, 0.3) is 21.3 Å². The third-order valence-electron chi connectivity index (χ3n) is 4.79. The average Bonchev–Trinajstić information content (AvgIpc) is 3.38. The van der Waals surface area contributed by atoms with Gasteiger partial charge in [0.05, 0.1) is 17.4 Å². The first-order valence-electron chi connectivity index (χ1n) is 9.52. The number of thiophene rings is 1. The second-order valence-electron chi connectivity index (χ2n) is 6.95. The number of amides is 2. The van der Waals surface area contributed by atoms with Crippen LogP contribution in [0.2, 0.25) is 0 Å². The molecule has 3 heterocycles. The molecule has 0 fully saturated rings. The van der Waals surface area contributed by atoms with Gasteiger partial charge >= 0.3 is 6.18 Å². The Hall–Kier alpha value is -3.80. The lowest BCUT2D eigenvalue weighted by Crippen LogP contribution is -2.16. The number of fused-ring (bicyclic) bond motifs is 1. The Labute approximate surface area is 187 Å². The fourth-order valence-electron chi connectivity index (χ4n) is 3.23. The summed E-state index contributed by atoms with van der Waals surface area (Å²) in [6, 6.07) is 5.56. The lowest BCUT2D eigenvalue weighted by Gasteiger charge is -2.12. The maximum Gasteiger partial charge on any atom is 0.433 e. The quantitative estimate of drug-likeness (QED) is 0.407. The molecule has 0 aliphatic heterocycles. The number of carbonyl (C=O) groups is 2. The molecule has 3 N–H and O–H groups in total. The van der Waals surface area contributed by atoms with Gasteiger partial charge in [-0.25, -0.2) is 9.37 Å². The van der Waals surface area contributed by atoms with Gasteiger partial charge in [0.15, 0.2) is 0 Å². The van der Waals surface area contributed by atoms with Crippen molar-refractivity contribution in [1.29, 1.82) is 0 Å². The number of alkyl halides is 3. The minimum atomic E-state index is -4.78. The van der Waals surface area contributed by atoms with Crippen molar-refractivity contribution in [3.05, 3.63) is 64.7 Å². The Balaban J connectivity index is 1.96. The van der Waals surface area contributed by atoms with Crippen LogP contribution in [0.1, 0.15) is 32.6 Å². The first-order chi connectivity index (χ1) is 15.6. The van der Waals surface area contributed by atoms with Crippen molar-refractivity contribution in [1.82, 2.24) is 14.8 Å². The summed E-state index contributed by atoms with van der Waals surface area (Å²) >= 11 is 0.626. The molecule has 0 saturated carbocycles. The summed E-state index contributed by atoms with van der Waals surface area (Å²) in [6.45, 7) is 2.34. The highest BCUT2D eigenvalue weighted by Gasteiger charge is 2.35. The van der Waals surface area contributed by atoms with Crippen LogP contribution in [-0.2, 0) is 12.7 Å². The molecule has 2 amide bonds. The normalized spacial score (nSPS) is 11.7. The van der Waals surface area contributed by atoms with Gasteiger partial charge in [-0.05, 0) is 36.2 Å². The predicted octanol–water partition coefficient (Wildman–Crippen LogP) is 4.69. The first-order valence-corrected chi connectivity index (χ1v) is 10.3. The van der Waals surface area contributed by atoms with Gasteiger partial charge in [-0.2, -0.15) is 18.3 Å². The van der Waals surface area contributed by atoms with Crippen molar-refractivity contribution < 1.29 is 27.2 Å². The number of aromatic nitrogens is 3. The van der Waals surface area contributed by atoms with E-state index in [1.807, 2.05) is 6.92 Å². The molecule has 12 heteroatoms. The molecule has 0 bridgehead atoms. The summed E-state index contributed by atoms with van der Waals surface area (Å²) in [4.78, 5) is 28.2. The van der Waals surface area contributed by atoms with Gasteiger partial charge in [0.1, 0.15) is 21.2 Å². The van der Waals surface area contributed by atoms with E-state index in [-0.39, 0.29) is 37.5 Å². The maximum absolute atomic E-state index is 13.5. The molecule has 0 radical (unpaired) electrons. The standard InChI is InChI=1S/C21H15F4N5O2S/c1-2-30-9-11(8-27-30)19(32)29-16-15-13(10-3-5-12(22)6-4-10)7-14(21(23,24)25)28-20(15)33-17(16)18(26)31/h3-9H,2H2,1H3,(H2,26,31)(H,29,32). The minimum Gasteiger partial charge on any atom is -0.365 e. The first kappa shape index (κ1) is 22.4. The van der Waals surface area contributed by atoms with Crippen molar-refractivity contribution in [2.75, 3.05) is 5.32 Å². The van der Waals surface area contributed by atoms with E-state index >= 15 is 0 Å². The smallest absolute Gasteiger partial charge is 0.365 e. The van der Waals surface area contributed by atoms with Gasteiger partial charge in [0.25, 0.3) is 11.8 Å².